The van der Waals surface area contributed by atoms with E-state index in [1.807, 2.05) is 0 Å². The maximum Gasteiger partial charge on any atom is 0.298 e. The van der Waals surface area contributed by atoms with Crippen molar-refractivity contribution in [2.45, 2.75) is 13.8 Å². The summed E-state index contributed by atoms with van der Waals surface area (Å²) in [6.07, 6.45) is 0. The van der Waals surface area contributed by atoms with Crippen molar-refractivity contribution in [2.24, 2.45) is 10.2 Å². The quantitative estimate of drug-likeness (QED) is 0.697. The number of fused-ring (bicyclic) bond motifs is 1. The number of hydrogen-bond donors (Lipinski definition) is 2. The Morgan fingerprint density at radius 1 is 1.32 bits per heavy atom. The molecule has 2 N–H and O–H groups in total. The van der Waals surface area contributed by atoms with E-state index in [0.717, 1.165) is 0 Å². The summed E-state index contributed by atoms with van der Waals surface area (Å²) in [4.78, 5) is 14.6. The van der Waals surface area contributed by atoms with Crippen molar-refractivity contribution in [2.75, 3.05) is 0 Å². The lowest BCUT2D eigenvalue weighted by molar-refractivity contribution is 0.0993. The third-order valence-corrected chi connectivity index (χ3v) is 3.23. The lowest BCUT2D eigenvalue weighted by Gasteiger charge is -1.93. The topological polar surface area (TPSA) is 91.0 Å². The highest BCUT2D eigenvalue weighted by Gasteiger charge is 2.15. The number of azo groups is 1. The van der Waals surface area contributed by atoms with Gasteiger partial charge in [0.25, 0.3) is 5.91 Å². The van der Waals surface area contributed by atoms with E-state index in [-0.39, 0.29) is 11.6 Å². The Morgan fingerprint density at radius 3 is 2.77 bits per heavy atom. The maximum absolute atomic E-state index is 13.3. The molecule has 2 aromatic heterocycles. The zero-order valence-corrected chi connectivity index (χ0v) is 11.8. The fraction of sp³-hybridized carbons (Fsp3) is 0.133. The van der Waals surface area contributed by atoms with Gasteiger partial charge in [0.1, 0.15) is 17.3 Å². The Kier molecular flexibility index (Phi) is 3.25. The summed E-state index contributed by atoms with van der Waals surface area (Å²) in [6, 6.07) is 5.49. The molecule has 3 rings (SSSR count). The second-order valence-corrected chi connectivity index (χ2v) is 4.84. The smallest absolute Gasteiger partial charge is 0.298 e. The van der Waals surface area contributed by atoms with E-state index < -0.39 is 11.7 Å². The molecule has 0 aliphatic heterocycles. The number of rotatable bonds is 2. The fourth-order valence-electron chi connectivity index (χ4n) is 2.23. The van der Waals surface area contributed by atoms with Crippen LogP contribution in [0.1, 0.15) is 21.9 Å². The number of benzene rings is 1. The molecule has 1 aromatic carbocycles. The first-order valence-electron chi connectivity index (χ1n) is 6.49. The standard InChI is InChI=1S/C15H12FN3O3/c1-7-5-10(8(2)22-7)14(20)19-18-13-11-6-9(16)3-4-12(11)17-15(13)21/h3-6,17,21H,1-2H3. The molecule has 6 nitrogen and oxygen atoms in total. The second kappa shape index (κ2) is 5.10. The summed E-state index contributed by atoms with van der Waals surface area (Å²) >= 11 is 0. The second-order valence-electron chi connectivity index (χ2n) is 4.84. The van der Waals surface area contributed by atoms with Crippen LogP contribution < -0.4 is 0 Å². The Bertz CT molecular complexity index is 908. The molecule has 112 valence electrons. The van der Waals surface area contributed by atoms with Crippen molar-refractivity contribution in [3.63, 3.8) is 0 Å². The van der Waals surface area contributed by atoms with Crippen molar-refractivity contribution < 1.29 is 18.7 Å². The largest absolute Gasteiger partial charge is 0.493 e. The van der Waals surface area contributed by atoms with E-state index in [4.69, 9.17) is 4.42 Å². The average Bonchev–Trinajstić information content (AvgIpc) is 2.95. The Balaban J connectivity index is 1.99. The summed E-state index contributed by atoms with van der Waals surface area (Å²) in [5.74, 6) is -0.323. The number of carbonyl (C=O) groups is 1. The maximum atomic E-state index is 13.3. The normalized spacial score (nSPS) is 11.6. The molecule has 0 fully saturated rings. The molecule has 3 aromatic rings. The van der Waals surface area contributed by atoms with Crippen molar-refractivity contribution in [3.8, 4) is 5.88 Å². The number of carbonyl (C=O) groups excluding carboxylic acids is 1. The van der Waals surface area contributed by atoms with Crippen LogP contribution in [0, 0.1) is 19.7 Å². The molecule has 0 spiro atoms. The number of aromatic hydroxyl groups is 1. The number of nitrogens with one attached hydrogen (secondary N) is 1. The number of hydrogen-bond acceptors (Lipinski definition) is 4. The van der Waals surface area contributed by atoms with Gasteiger partial charge in [-0.05, 0) is 38.1 Å². The zero-order chi connectivity index (χ0) is 15.9. The van der Waals surface area contributed by atoms with Gasteiger partial charge in [-0.1, -0.05) is 0 Å². The predicted molar refractivity (Wildman–Crippen MR) is 77.0 cm³/mol. The lowest BCUT2D eigenvalue weighted by atomic mass is 10.2. The summed E-state index contributed by atoms with van der Waals surface area (Å²) in [5.41, 5.74) is 0.808. The molecule has 0 unspecified atom stereocenters. The molecule has 0 aliphatic carbocycles. The monoisotopic (exact) mass is 301 g/mol. The number of H-pyrrole nitrogens is 1. The minimum Gasteiger partial charge on any atom is -0.493 e. The minimum atomic E-state index is -0.598. The molecule has 1 amide bonds. The summed E-state index contributed by atoms with van der Waals surface area (Å²) in [7, 11) is 0. The number of aromatic amines is 1. The van der Waals surface area contributed by atoms with Crippen LogP contribution >= 0.6 is 0 Å². The van der Waals surface area contributed by atoms with Gasteiger partial charge in [-0.25, -0.2) is 4.39 Å². The van der Waals surface area contributed by atoms with E-state index >= 15 is 0 Å². The van der Waals surface area contributed by atoms with Crippen LogP contribution in [0.15, 0.2) is 38.9 Å². The van der Waals surface area contributed by atoms with E-state index in [1.54, 1.807) is 19.9 Å². The van der Waals surface area contributed by atoms with Gasteiger partial charge >= 0.3 is 0 Å². The van der Waals surface area contributed by atoms with Gasteiger partial charge in [-0.15, -0.1) is 10.2 Å². The molecule has 0 atom stereocenters. The van der Waals surface area contributed by atoms with Gasteiger partial charge < -0.3 is 14.5 Å². The van der Waals surface area contributed by atoms with E-state index in [9.17, 15) is 14.3 Å². The van der Waals surface area contributed by atoms with Crippen molar-refractivity contribution >= 4 is 22.5 Å². The van der Waals surface area contributed by atoms with Crippen LogP contribution in [0.4, 0.5) is 10.1 Å². The molecule has 0 aliphatic rings. The van der Waals surface area contributed by atoms with Gasteiger partial charge in [0.15, 0.2) is 5.69 Å². The van der Waals surface area contributed by atoms with Crippen LogP contribution in [0.3, 0.4) is 0 Å². The molecule has 2 heterocycles. The minimum absolute atomic E-state index is 0.0146. The number of halogens is 1. The Hall–Kier alpha value is -2.96. The Labute approximate surface area is 124 Å². The highest BCUT2D eigenvalue weighted by Crippen LogP contribution is 2.35. The van der Waals surface area contributed by atoms with Gasteiger partial charge in [-0.2, -0.15) is 0 Å². The number of amides is 1. The number of furan rings is 1. The van der Waals surface area contributed by atoms with E-state index in [1.165, 1.54) is 18.2 Å². The first-order valence-corrected chi connectivity index (χ1v) is 6.49. The van der Waals surface area contributed by atoms with Gasteiger partial charge in [0.2, 0.25) is 5.88 Å². The number of nitrogens with zero attached hydrogens (tertiary/aromatic N) is 2. The van der Waals surface area contributed by atoms with Gasteiger partial charge in [0.05, 0.1) is 11.1 Å². The van der Waals surface area contributed by atoms with Crippen molar-refractivity contribution in [1.29, 1.82) is 0 Å². The molecule has 0 saturated heterocycles. The van der Waals surface area contributed by atoms with Crippen LogP contribution in [-0.4, -0.2) is 16.0 Å². The van der Waals surface area contributed by atoms with Crippen LogP contribution in [0.5, 0.6) is 5.88 Å². The molecule has 7 heteroatoms. The molecular weight excluding hydrogens is 289 g/mol. The number of aromatic nitrogens is 1. The van der Waals surface area contributed by atoms with Crippen molar-refractivity contribution in [3.05, 3.63) is 47.2 Å². The predicted octanol–water partition coefficient (Wildman–Crippen LogP) is 4.15. The van der Waals surface area contributed by atoms with E-state index in [0.29, 0.717) is 28.0 Å². The molecule has 0 bridgehead atoms. The fourth-order valence-corrected chi connectivity index (χ4v) is 2.23. The molecular formula is C15H12FN3O3. The zero-order valence-electron chi connectivity index (χ0n) is 11.8. The summed E-state index contributed by atoms with van der Waals surface area (Å²) in [5, 5.41) is 17.5. The average molecular weight is 301 g/mol. The summed E-state index contributed by atoms with van der Waals surface area (Å²) < 4.78 is 18.6. The first-order chi connectivity index (χ1) is 10.5. The molecule has 0 saturated carbocycles. The van der Waals surface area contributed by atoms with Crippen LogP contribution in [0.25, 0.3) is 10.9 Å². The summed E-state index contributed by atoms with van der Waals surface area (Å²) in [6.45, 7) is 3.36. The van der Waals surface area contributed by atoms with Crippen LogP contribution in [-0.2, 0) is 0 Å². The SMILES string of the molecule is Cc1cc(C(=O)N=Nc2c(O)[nH]c3ccc(F)cc23)c(C)o1. The number of aryl methyl sites for hydroxylation is 2. The van der Waals surface area contributed by atoms with Gasteiger partial charge in [-0.3, -0.25) is 4.79 Å². The third-order valence-electron chi connectivity index (χ3n) is 3.23. The highest BCUT2D eigenvalue weighted by molar-refractivity contribution is 5.97. The van der Waals surface area contributed by atoms with Crippen molar-refractivity contribution in [1.82, 2.24) is 4.98 Å². The highest BCUT2D eigenvalue weighted by atomic mass is 19.1. The molecule has 22 heavy (non-hydrogen) atoms. The van der Waals surface area contributed by atoms with E-state index in [2.05, 4.69) is 15.2 Å². The van der Waals surface area contributed by atoms with Crippen LogP contribution in [0.2, 0.25) is 0 Å². The van der Waals surface area contributed by atoms with Gasteiger partial charge in [0, 0.05) is 5.39 Å². The lowest BCUT2D eigenvalue weighted by Crippen LogP contribution is -1.93. The first kappa shape index (κ1) is 14.0. The Morgan fingerprint density at radius 2 is 2.09 bits per heavy atom. The molecule has 0 radical (unpaired) electrons. The third kappa shape index (κ3) is 2.37.